The Morgan fingerprint density at radius 2 is 1.67 bits per heavy atom. The average molecular weight is 368 g/mol. The van der Waals surface area contributed by atoms with Crippen LogP contribution in [0.1, 0.15) is 28.4 Å². The number of aliphatic hydroxyl groups excluding tert-OH is 1. The van der Waals surface area contributed by atoms with Crippen LogP contribution in [0.3, 0.4) is 0 Å². The van der Waals surface area contributed by atoms with Crippen molar-refractivity contribution < 1.29 is 24.2 Å². The molecule has 2 aromatic rings. The van der Waals surface area contributed by atoms with Gasteiger partial charge < -0.3 is 14.6 Å². The van der Waals surface area contributed by atoms with Gasteiger partial charge in [-0.15, -0.1) is 0 Å². The second kappa shape index (κ2) is 8.01. The number of hydrogen-bond donors (Lipinski definition) is 1. The maximum absolute atomic E-state index is 12.2. The van der Waals surface area contributed by atoms with Gasteiger partial charge >= 0.3 is 11.9 Å². The van der Waals surface area contributed by atoms with E-state index in [0.717, 1.165) is 0 Å². The quantitative estimate of drug-likeness (QED) is 0.815. The fourth-order valence-corrected chi connectivity index (χ4v) is 3.08. The number of carbonyl (C=O) groups is 2. The third kappa shape index (κ3) is 3.68. The molecule has 1 N–H and O–H groups in total. The summed E-state index contributed by atoms with van der Waals surface area (Å²) in [4.78, 5) is 24.2. The predicted octanol–water partition coefficient (Wildman–Crippen LogP) is 2.31. The van der Waals surface area contributed by atoms with E-state index in [0.29, 0.717) is 16.8 Å². The fourth-order valence-electron chi connectivity index (χ4n) is 3.08. The molecular formula is C20H20N2O5. The van der Waals surface area contributed by atoms with Gasteiger partial charge in [-0.25, -0.2) is 9.59 Å². The number of ether oxygens (including phenoxy) is 2. The van der Waals surface area contributed by atoms with E-state index < -0.39 is 24.1 Å². The molecule has 1 unspecified atom stereocenters. The second-order valence-corrected chi connectivity index (χ2v) is 6.02. The van der Waals surface area contributed by atoms with Gasteiger partial charge in [0.05, 0.1) is 31.5 Å². The molecule has 3 rings (SSSR count). The minimum absolute atomic E-state index is 0.178. The van der Waals surface area contributed by atoms with E-state index in [-0.39, 0.29) is 12.1 Å². The number of esters is 2. The summed E-state index contributed by atoms with van der Waals surface area (Å²) in [7, 11) is 2.57. The van der Waals surface area contributed by atoms with Crippen LogP contribution in [0.25, 0.3) is 0 Å². The van der Waals surface area contributed by atoms with Crippen LogP contribution in [0.5, 0.6) is 0 Å². The molecule has 0 saturated carbocycles. The minimum Gasteiger partial charge on any atom is -0.465 e. The van der Waals surface area contributed by atoms with Crippen molar-refractivity contribution >= 4 is 23.3 Å². The molecule has 0 bridgehead atoms. The molecule has 27 heavy (non-hydrogen) atoms. The number of rotatable bonds is 5. The van der Waals surface area contributed by atoms with Crippen molar-refractivity contribution in [3.63, 3.8) is 0 Å². The van der Waals surface area contributed by atoms with Crippen LogP contribution >= 0.6 is 0 Å². The van der Waals surface area contributed by atoms with Gasteiger partial charge in [0.15, 0.2) is 0 Å². The van der Waals surface area contributed by atoms with Crippen molar-refractivity contribution in [2.75, 3.05) is 19.2 Å². The zero-order chi connectivity index (χ0) is 19.4. The van der Waals surface area contributed by atoms with Crippen molar-refractivity contribution in [3.05, 3.63) is 65.7 Å². The van der Waals surface area contributed by atoms with E-state index in [9.17, 15) is 14.7 Å². The molecular weight excluding hydrogens is 348 g/mol. The first-order valence-corrected chi connectivity index (χ1v) is 8.42. The molecule has 0 amide bonds. The van der Waals surface area contributed by atoms with E-state index in [1.165, 1.54) is 19.2 Å². The predicted molar refractivity (Wildman–Crippen MR) is 99.5 cm³/mol. The fraction of sp³-hybridized carbons (Fsp3) is 0.250. The van der Waals surface area contributed by atoms with E-state index in [1.54, 1.807) is 36.4 Å². The average Bonchev–Trinajstić information content (AvgIpc) is 3.18. The molecule has 2 aromatic carbocycles. The van der Waals surface area contributed by atoms with Gasteiger partial charge in [-0.3, -0.25) is 5.01 Å². The Kier molecular flexibility index (Phi) is 5.52. The topological polar surface area (TPSA) is 88.4 Å². The zero-order valence-electron chi connectivity index (χ0n) is 15.0. The highest BCUT2D eigenvalue weighted by Crippen LogP contribution is 2.34. The van der Waals surface area contributed by atoms with Crippen LogP contribution in [0, 0.1) is 0 Å². The van der Waals surface area contributed by atoms with Crippen LogP contribution in [-0.2, 0) is 14.3 Å². The summed E-state index contributed by atoms with van der Waals surface area (Å²) < 4.78 is 9.63. The Labute approximate surface area is 156 Å². The lowest BCUT2D eigenvalue weighted by molar-refractivity contribution is -0.132. The van der Waals surface area contributed by atoms with Crippen LogP contribution in [-0.4, -0.2) is 43.0 Å². The normalized spacial score (nSPS) is 17.2. The van der Waals surface area contributed by atoms with Crippen LogP contribution < -0.4 is 5.01 Å². The number of aliphatic hydroxyl groups is 1. The van der Waals surface area contributed by atoms with Gasteiger partial charge in [-0.2, -0.15) is 5.10 Å². The van der Waals surface area contributed by atoms with E-state index in [4.69, 9.17) is 9.47 Å². The molecule has 0 aliphatic carbocycles. The SMILES string of the molecule is COC(=O)C1=NN(c2ccccc2C(=O)OC)[C@H](C(O)c2ccccc2)C1. The monoisotopic (exact) mass is 368 g/mol. The van der Waals surface area contributed by atoms with Crippen LogP contribution in [0.4, 0.5) is 5.69 Å². The van der Waals surface area contributed by atoms with Gasteiger partial charge in [0.2, 0.25) is 0 Å². The summed E-state index contributed by atoms with van der Waals surface area (Å²) in [5.74, 6) is -1.10. The Morgan fingerprint density at radius 1 is 1.04 bits per heavy atom. The number of carbonyl (C=O) groups excluding carboxylic acids is 2. The Hall–Kier alpha value is -3.19. The van der Waals surface area contributed by atoms with Crippen molar-refractivity contribution in [1.82, 2.24) is 0 Å². The van der Waals surface area contributed by atoms with Crippen molar-refractivity contribution in [3.8, 4) is 0 Å². The maximum atomic E-state index is 12.2. The smallest absolute Gasteiger partial charge is 0.354 e. The summed E-state index contributed by atoms with van der Waals surface area (Å²) in [5.41, 5.74) is 1.60. The van der Waals surface area contributed by atoms with Crippen molar-refractivity contribution in [2.45, 2.75) is 18.6 Å². The molecule has 0 radical (unpaired) electrons. The number of para-hydroxylation sites is 1. The Balaban J connectivity index is 2.04. The summed E-state index contributed by atoms with van der Waals surface area (Å²) in [6.45, 7) is 0. The molecule has 1 heterocycles. The Morgan fingerprint density at radius 3 is 2.33 bits per heavy atom. The van der Waals surface area contributed by atoms with Crippen molar-refractivity contribution in [1.29, 1.82) is 0 Å². The lowest BCUT2D eigenvalue weighted by Gasteiger charge is -2.29. The number of methoxy groups -OCH3 is 2. The largest absolute Gasteiger partial charge is 0.465 e. The third-order valence-corrected chi connectivity index (χ3v) is 4.43. The molecule has 0 saturated heterocycles. The van der Waals surface area contributed by atoms with Gasteiger partial charge in [-0.1, -0.05) is 42.5 Å². The number of nitrogens with zero attached hydrogens (tertiary/aromatic N) is 2. The molecule has 0 fully saturated rings. The molecule has 7 heteroatoms. The Bertz CT molecular complexity index is 866. The number of hydrogen-bond acceptors (Lipinski definition) is 7. The second-order valence-electron chi connectivity index (χ2n) is 6.02. The van der Waals surface area contributed by atoms with Crippen LogP contribution in [0.2, 0.25) is 0 Å². The number of benzene rings is 2. The maximum Gasteiger partial charge on any atom is 0.354 e. The van der Waals surface area contributed by atoms with Gasteiger partial charge in [0.1, 0.15) is 11.8 Å². The van der Waals surface area contributed by atoms with E-state index in [2.05, 4.69) is 5.10 Å². The van der Waals surface area contributed by atoms with E-state index in [1.807, 2.05) is 18.2 Å². The molecule has 2 atom stereocenters. The highest BCUT2D eigenvalue weighted by Gasteiger charge is 2.38. The molecule has 140 valence electrons. The van der Waals surface area contributed by atoms with Gasteiger partial charge in [0, 0.05) is 6.42 Å². The first-order chi connectivity index (χ1) is 13.1. The van der Waals surface area contributed by atoms with Crippen LogP contribution in [0.15, 0.2) is 59.7 Å². The third-order valence-electron chi connectivity index (χ3n) is 4.43. The first-order valence-electron chi connectivity index (χ1n) is 8.42. The summed E-state index contributed by atoms with van der Waals surface area (Å²) in [6.07, 6.45) is -0.749. The van der Waals surface area contributed by atoms with Crippen molar-refractivity contribution in [2.24, 2.45) is 5.10 Å². The highest BCUT2D eigenvalue weighted by molar-refractivity contribution is 6.37. The first kappa shape index (κ1) is 18.6. The highest BCUT2D eigenvalue weighted by atomic mass is 16.5. The molecule has 7 nitrogen and oxygen atoms in total. The molecule has 1 aliphatic rings. The number of hydrazone groups is 1. The summed E-state index contributed by atoms with van der Waals surface area (Å²) in [6, 6.07) is 15.3. The van der Waals surface area contributed by atoms with Gasteiger partial charge in [-0.05, 0) is 17.7 Å². The standard InChI is InChI=1S/C20H20N2O5/c1-26-19(24)14-10-6-7-11-16(14)22-17(12-15(21-22)20(25)27-2)18(23)13-8-4-3-5-9-13/h3-11,17-18,23H,12H2,1-2H3/t17-,18?/m0/s1. The summed E-state index contributed by atoms with van der Waals surface area (Å²) >= 11 is 0. The lowest BCUT2D eigenvalue weighted by atomic mass is 9.97. The van der Waals surface area contributed by atoms with Gasteiger partial charge in [0.25, 0.3) is 0 Å². The zero-order valence-corrected chi connectivity index (χ0v) is 15.0. The molecule has 1 aliphatic heterocycles. The summed E-state index contributed by atoms with van der Waals surface area (Å²) in [5, 5.41) is 16.8. The lowest BCUT2D eigenvalue weighted by Crippen LogP contribution is -2.34. The number of anilines is 1. The minimum atomic E-state index is -0.928. The van der Waals surface area contributed by atoms with E-state index >= 15 is 0 Å². The molecule has 0 spiro atoms. The molecule has 0 aromatic heterocycles.